The van der Waals surface area contributed by atoms with Gasteiger partial charge in [-0.2, -0.15) is 0 Å². The number of halogens is 1. The van der Waals surface area contributed by atoms with E-state index < -0.39 is 5.97 Å². The van der Waals surface area contributed by atoms with Crippen LogP contribution in [0, 0.1) is 0 Å². The van der Waals surface area contributed by atoms with Crippen molar-refractivity contribution in [1.82, 2.24) is 10.2 Å². The van der Waals surface area contributed by atoms with Crippen molar-refractivity contribution in [3.05, 3.63) is 28.8 Å². The van der Waals surface area contributed by atoms with Crippen LogP contribution in [0.2, 0.25) is 5.02 Å². The van der Waals surface area contributed by atoms with E-state index in [2.05, 4.69) is 5.32 Å². The van der Waals surface area contributed by atoms with E-state index in [0.29, 0.717) is 23.9 Å². The summed E-state index contributed by atoms with van der Waals surface area (Å²) in [6.07, 6.45) is 1.77. The molecule has 1 aliphatic carbocycles. The lowest BCUT2D eigenvalue weighted by Gasteiger charge is -2.42. The van der Waals surface area contributed by atoms with E-state index in [9.17, 15) is 9.59 Å². The number of hydrogen-bond acceptors (Lipinski definition) is 4. The number of rotatable bonds is 9. The van der Waals surface area contributed by atoms with E-state index in [1.165, 1.54) is 0 Å². The third-order valence-corrected chi connectivity index (χ3v) is 4.73. The van der Waals surface area contributed by atoms with E-state index in [-0.39, 0.29) is 31.0 Å². The second-order valence-corrected chi connectivity index (χ2v) is 6.59. The predicted molar refractivity (Wildman–Crippen MR) is 96.2 cm³/mol. The first-order valence-electron chi connectivity index (χ1n) is 8.59. The highest BCUT2D eigenvalue weighted by Crippen LogP contribution is 2.30. The number of carboxylic acid groups (broad SMARTS) is 1. The first kappa shape index (κ1) is 19.5. The van der Waals surface area contributed by atoms with Crippen molar-refractivity contribution >= 4 is 23.5 Å². The molecule has 1 aromatic rings. The quantitative estimate of drug-likeness (QED) is 0.699. The van der Waals surface area contributed by atoms with E-state index in [4.69, 9.17) is 21.4 Å². The number of benzene rings is 1. The van der Waals surface area contributed by atoms with Crippen LogP contribution in [0.4, 0.5) is 0 Å². The summed E-state index contributed by atoms with van der Waals surface area (Å²) in [6.45, 7) is 5.04. The van der Waals surface area contributed by atoms with Gasteiger partial charge >= 0.3 is 5.97 Å². The number of para-hydroxylation sites is 1. The minimum atomic E-state index is -0.821. The molecule has 138 valence electrons. The summed E-state index contributed by atoms with van der Waals surface area (Å²) in [7, 11) is 0. The third-order valence-electron chi connectivity index (χ3n) is 4.43. The molecule has 1 amide bonds. The van der Waals surface area contributed by atoms with Crippen LogP contribution < -0.4 is 10.1 Å². The molecule has 0 atom stereocenters. The molecule has 2 N–H and O–H groups in total. The summed E-state index contributed by atoms with van der Waals surface area (Å²) in [6, 6.07) is 5.70. The van der Waals surface area contributed by atoms with Crippen LogP contribution in [0.1, 0.15) is 32.3 Å². The summed E-state index contributed by atoms with van der Waals surface area (Å²) >= 11 is 6.14. The fraction of sp³-hybridized carbons (Fsp3) is 0.556. The molecule has 0 aromatic heterocycles. The maximum Gasteiger partial charge on any atom is 0.317 e. The molecule has 7 heteroatoms. The van der Waals surface area contributed by atoms with Gasteiger partial charge in [0.25, 0.3) is 0 Å². The van der Waals surface area contributed by atoms with Crippen LogP contribution in [-0.4, -0.2) is 53.7 Å². The molecule has 1 fully saturated rings. The van der Waals surface area contributed by atoms with Gasteiger partial charge in [-0.05, 0) is 32.4 Å². The van der Waals surface area contributed by atoms with Crippen molar-refractivity contribution in [2.24, 2.45) is 0 Å². The van der Waals surface area contributed by atoms with Gasteiger partial charge in [0.05, 0.1) is 24.6 Å². The van der Waals surface area contributed by atoms with E-state index in [1.54, 1.807) is 12.1 Å². The van der Waals surface area contributed by atoms with E-state index in [1.807, 2.05) is 24.8 Å². The molecule has 25 heavy (non-hydrogen) atoms. The zero-order chi connectivity index (χ0) is 18.4. The fourth-order valence-electron chi connectivity index (χ4n) is 3.13. The van der Waals surface area contributed by atoms with Crippen LogP contribution in [0.5, 0.6) is 5.75 Å². The molecule has 1 aliphatic rings. The van der Waals surface area contributed by atoms with Crippen molar-refractivity contribution in [1.29, 1.82) is 0 Å². The maximum atomic E-state index is 12.3. The Labute approximate surface area is 153 Å². The van der Waals surface area contributed by atoms with Gasteiger partial charge in [0.15, 0.2) is 0 Å². The average Bonchev–Trinajstić information content (AvgIpc) is 2.51. The van der Waals surface area contributed by atoms with Gasteiger partial charge in [-0.1, -0.05) is 30.7 Å². The second-order valence-electron chi connectivity index (χ2n) is 6.18. The topological polar surface area (TPSA) is 78.9 Å². The van der Waals surface area contributed by atoms with Crippen LogP contribution in [0.3, 0.4) is 0 Å². The average molecular weight is 369 g/mol. The van der Waals surface area contributed by atoms with Crippen molar-refractivity contribution in [3.8, 4) is 5.75 Å². The number of nitrogens with zero attached hydrogens (tertiary/aromatic N) is 1. The summed E-state index contributed by atoms with van der Waals surface area (Å²) in [4.78, 5) is 25.1. The Bertz CT molecular complexity index is 617. The van der Waals surface area contributed by atoms with Crippen LogP contribution in [0.15, 0.2) is 18.2 Å². The molecule has 2 rings (SSSR count). The number of carbonyl (C=O) groups excluding carboxylic acids is 1. The van der Waals surface area contributed by atoms with Gasteiger partial charge in [-0.25, -0.2) is 0 Å². The summed E-state index contributed by atoms with van der Waals surface area (Å²) in [5, 5.41) is 12.4. The van der Waals surface area contributed by atoms with Gasteiger partial charge in [-0.3, -0.25) is 14.5 Å². The number of amides is 1. The van der Waals surface area contributed by atoms with Gasteiger partial charge in [0, 0.05) is 17.6 Å². The lowest BCUT2D eigenvalue weighted by Crippen LogP contribution is -2.55. The lowest BCUT2D eigenvalue weighted by atomic mass is 9.85. The minimum Gasteiger partial charge on any atom is -0.492 e. The van der Waals surface area contributed by atoms with Crippen LogP contribution >= 0.6 is 11.6 Å². The zero-order valence-electron chi connectivity index (χ0n) is 14.6. The number of carbonyl (C=O) groups is 2. The van der Waals surface area contributed by atoms with Crippen LogP contribution in [-0.2, 0) is 16.0 Å². The monoisotopic (exact) mass is 368 g/mol. The highest BCUT2D eigenvalue weighted by atomic mass is 35.5. The summed E-state index contributed by atoms with van der Waals surface area (Å²) in [5.74, 6) is -0.335. The SMILES string of the molecule is CCOc1c(Cl)cccc1CC(=O)NC1CC(N(CC)CC(=O)O)C1. The molecule has 1 saturated carbocycles. The number of hydrogen-bond donors (Lipinski definition) is 2. The van der Waals surface area contributed by atoms with Crippen LogP contribution in [0.25, 0.3) is 0 Å². The standard InChI is InChI=1S/C18H25ClN2O4/c1-3-21(11-17(23)24)14-9-13(10-14)20-16(22)8-12-6-5-7-15(19)18(12)25-4-2/h5-7,13-14H,3-4,8-11H2,1-2H3,(H,20,22)(H,23,24). The summed E-state index contributed by atoms with van der Waals surface area (Å²) in [5.41, 5.74) is 0.767. The van der Waals surface area contributed by atoms with Gasteiger partial charge < -0.3 is 15.2 Å². The minimum absolute atomic E-state index is 0.0437. The fourth-order valence-corrected chi connectivity index (χ4v) is 3.38. The Morgan fingerprint density at radius 3 is 2.68 bits per heavy atom. The largest absolute Gasteiger partial charge is 0.492 e. The Hall–Kier alpha value is -1.79. The number of ether oxygens (including phenoxy) is 1. The number of aliphatic carboxylic acids is 1. The molecule has 1 aromatic carbocycles. The number of nitrogens with one attached hydrogen (secondary N) is 1. The second kappa shape index (κ2) is 9.06. The molecule has 0 radical (unpaired) electrons. The molecule has 0 spiro atoms. The normalized spacial score (nSPS) is 19.4. The van der Waals surface area contributed by atoms with Gasteiger partial charge in [0.2, 0.25) is 5.91 Å². The van der Waals surface area contributed by atoms with Crippen molar-refractivity contribution in [2.75, 3.05) is 19.7 Å². The smallest absolute Gasteiger partial charge is 0.317 e. The van der Waals surface area contributed by atoms with Gasteiger partial charge in [0.1, 0.15) is 5.75 Å². The van der Waals surface area contributed by atoms with Crippen molar-refractivity contribution in [3.63, 3.8) is 0 Å². The van der Waals surface area contributed by atoms with Gasteiger partial charge in [-0.15, -0.1) is 0 Å². The van der Waals surface area contributed by atoms with Crippen molar-refractivity contribution < 1.29 is 19.4 Å². The van der Waals surface area contributed by atoms with E-state index >= 15 is 0 Å². The molecule has 6 nitrogen and oxygen atoms in total. The highest BCUT2D eigenvalue weighted by molar-refractivity contribution is 6.32. The molecular formula is C18H25ClN2O4. The zero-order valence-corrected chi connectivity index (χ0v) is 15.4. The number of carboxylic acids is 1. The molecule has 0 saturated heterocycles. The molecule has 0 heterocycles. The Morgan fingerprint density at radius 1 is 1.36 bits per heavy atom. The lowest BCUT2D eigenvalue weighted by molar-refractivity contribution is -0.139. The molecule has 0 bridgehead atoms. The third kappa shape index (κ3) is 5.34. The highest BCUT2D eigenvalue weighted by Gasteiger charge is 2.34. The molecule has 0 unspecified atom stereocenters. The summed E-state index contributed by atoms with van der Waals surface area (Å²) < 4.78 is 5.54. The van der Waals surface area contributed by atoms with E-state index in [0.717, 1.165) is 18.4 Å². The Morgan fingerprint density at radius 2 is 2.08 bits per heavy atom. The molecule has 0 aliphatic heterocycles. The molecular weight excluding hydrogens is 344 g/mol. The van der Waals surface area contributed by atoms with Crippen molar-refractivity contribution in [2.45, 2.75) is 45.2 Å². The maximum absolute atomic E-state index is 12.3. The Balaban J connectivity index is 1.85. The first-order valence-corrected chi connectivity index (χ1v) is 8.97. The predicted octanol–water partition coefficient (Wildman–Crippen LogP) is 2.33. The first-order chi connectivity index (χ1) is 11.9. The number of likely N-dealkylation sites (N-methyl/N-ethyl adjacent to an activating group) is 1. The Kier molecular flexibility index (Phi) is 7.08.